The molecule has 1 unspecified atom stereocenters. The van der Waals surface area contributed by atoms with Crippen LogP contribution in [0.2, 0.25) is 5.02 Å². The highest BCUT2D eigenvalue weighted by molar-refractivity contribution is 6.30. The molecule has 1 aliphatic rings. The van der Waals surface area contributed by atoms with Gasteiger partial charge in [0.1, 0.15) is 0 Å². The lowest BCUT2D eigenvalue weighted by Crippen LogP contribution is -2.30. The Balaban J connectivity index is 1.52. The zero-order valence-corrected chi connectivity index (χ0v) is 13.9. The van der Waals surface area contributed by atoms with Crippen LogP contribution in [0.5, 0.6) is 0 Å². The zero-order valence-electron chi connectivity index (χ0n) is 13.1. The van der Waals surface area contributed by atoms with Crippen molar-refractivity contribution in [1.29, 1.82) is 0 Å². The molecular weight excluding hydrogens is 282 g/mol. The summed E-state index contributed by atoms with van der Waals surface area (Å²) in [6.07, 6.45) is 9.29. The quantitative estimate of drug-likeness (QED) is 0.709. The van der Waals surface area contributed by atoms with Gasteiger partial charge >= 0.3 is 0 Å². The third kappa shape index (κ3) is 6.82. The van der Waals surface area contributed by atoms with E-state index in [4.69, 9.17) is 16.3 Å². The lowest BCUT2D eigenvalue weighted by molar-refractivity contribution is 0.0271. The predicted octanol–water partition coefficient (Wildman–Crippen LogP) is 4.60. The summed E-state index contributed by atoms with van der Waals surface area (Å²) >= 11 is 5.90. The summed E-state index contributed by atoms with van der Waals surface area (Å²) in [6, 6.07) is 8.61. The van der Waals surface area contributed by atoms with Crippen LogP contribution in [0, 0.1) is 0 Å². The molecule has 0 aliphatic heterocycles. The second kappa shape index (κ2) is 9.45. The number of hydrogen-bond donors (Lipinski definition) is 1. The molecule has 21 heavy (non-hydrogen) atoms. The van der Waals surface area contributed by atoms with Crippen molar-refractivity contribution in [2.24, 2.45) is 0 Å². The van der Waals surface area contributed by atoms with Gasteiger partial charge in [-0.05, 0) is 56.8 Å². The van der Waals surface area contributed by atoms with Crippen LogP contribution in [0.3, 0.4) is 0 Å². The highest BCUT2D eigenvalue weighted by atomic mass is 35.5. The van der Waals surface area contributed by atoms with E-state index in [0.29, 0.717) is 12.1 Å². The smallest absolute Gasteiger partial charge is 0.0575 e. The summed E-state index contributed by atoms with van der Waals surface area (Å²) < 4.78 is 5.94. The summed E-state index contributed by atoms with van der Waals surface area (Å²) in [7, 11) is 0. The molecule has 0 spiro atoms. The minimum absolute atomic E-state index is 0.487. The van der Waals surface area contributed by atoms with Crippen molar-refractivity contribution in [1.82, 2.24) is 5.32 Å². The molecule has 0 aromatic heterocycles. The molecular formula is C18H28ClNO. The Bertz CT molecular complexity index is 387. The zero-order chi connectivity index (χ0) is 14.9. The second-order valence-electron chi connectivity index (χ2n) is 6.17. The standard InChI is InChI=1S/C18H28ClNO/c1-15(14-16-8-10-17(19)11-9-16)20-12-5-13-21-18-6-3-2-4-7-18/h8-11,15,18,20H,2-7,12-14H2,1H3. The number of hydrogen-bond acceptors (Lipinski definition) is 2. The maximum absolute atomic E-state index is 5.94. The van der Waals surface area contributed by atoms with Crippen LogP contribution in [0.15, 0.2) is 24.3 Å². The van der Waals surface area contributed by atoms with Crippen LogP contribution in [-0.4, -0.2) is 25.3 Å². The number of halogens is 1. The first-order valence-corrected chi connectivity index (χ1v) is 8.71. The Morgan fingerprint density at radius 1 is 1.19 bits per heavy atom. The highest BCUT2D eigenvalue weighted by Gasteiger charge is 2.13. The molecule has 2 nitrogen and oxygen atoms in total. The SMILES string of the molecule is CC(Cc1ccc(Cl)cc1)NCCCOC1CCCCC1. The average Bonchev–Trinajstić information content (AvgIpc) is 2.50. The van der Waals surface area contributed by atoms with E-state index in [1.54, 1.807) is 0 Å². The molecule has 0 radical (unpaired) electrons. The molecule has 118 valence electrons. The van der Waals surface area contributed by atoms with Crippen LogP contribution in [0.4, 0.5) is 0 Å². The van der Waals surface area contributed by atoms with Crippen molar-refractivity contribution < 1.29 is 4.74 Å². The van der Waals surface area contributed by atoms with E-state index in [-0.39, 0.29) is 0 Å². The summed E-state index contributed by atoms with van der Waals surface area (Å²) in [5.74, 6) is 0. The van der Waals surface area contributed by atoms with E-state index in [1.807, 2.05) is 12.1 Å². The van der Waals surface area contributed by atoms with Gasteiger partial charge in [-0.15, -0.1) is 0 Å². The fourth-order valence-electron chi connectivity index (χ4n) is 2.95. The maximum atomic E-state index is 5.94. The van der Waals surface area contributed by atoms with Gasteiger partial charge in [0, 0.05) is 17.7 Å². The molecule has 0 amide bonds. The van der Waals surface area contributed by atoms with Crippen molar-refractivity contribution in [3.63, 3.8) is 0 Å². The predicted molar refractivity (Wildman–Crippen MR) is 90.1 cm³/mol. The topological polar surface area (TPSA) is 21.3 Å². The lowest BCUT2D eigenvalue weighted by atomic mass is 9.98. The summed E-state index contributed by atoms with van der Waals surface area (Å²) in [5, 5.41) is 4.38. The van der Waals surface area contributed by atoms with Gasteiger partial charge < -0.3 is 10.1 Å². The van der Waals surface area contributed by atoms with Gasteiger partial charge in [0.2, 0.25) is 0 Å². The first-order valence-electron chi connectivity index (χ1n) is 8.33. The van der Waals surface area contributed by atoms with Crippen molar-refractivity contribution >= 4 is 11.6 Å². The van der Waals surface area contributed by atoms with Crippen LogP contribution in [0.25, 0.3) is 0 Å². The van der Waals surface area contributed by atoms with Gasteiger partial charge in [0.05, 0.1) is 6.10 Å². The first-order chi connectivity index (χ1) is 10.2. The molecule has 1 atom stereocenters. The molecule has 0 bridgehead atoms. The molecule has 1 aliphatic carbocycles. The third-order valence-corrected chi connectivity index (χ3v) is 4.43. The van der Waals surface area contributed by atoms with E-state index in [9.17, 15) is 0 Å². The molecule has 1 N–H and O–H groups in total. The Hall–Kier alpha value is -0.570. The second-order valence-corrected chi connectivity index (χ2v) is 6.61. The Labute approximate surface area is 134 Å². The van der Waals surface area contributed by atoms with Gasteiger partial charge in [0.25, 0.3) is 0 Å². The van der Waals surface area contributed by atoms with Crippen molar-refractivity contribution in [2.45, 2.75) is 64.0 Å². The fourth-order valence-corrected chi connectivity index (χ4v) is 3.07. The van der Waals surface area contributed by atoms with Crippen molar-refractivity contribution in [3.8, 4) is 0 Å². The van der Waals surface area contributed by atoms with Gasteiger partial charge in [-0.25, -0.2) is 0 Å². The monoisotopic (exact) mass is 309 g/mol. The van der Waals surface area contributed by atoms with Crippen LogP contribution in [-0.2, 0) is 11.2 Å². The van der Waals surface area contributed by atoms with E-state index >= 15 is 0 Å². The summed E-state index contributed by atoms with van der Waals surface area (Å²) in [4.78, 5) is 0. The Morgan fingerprint density at radius 2 is 1.90 bits per heavy atom. The molecule has 1 fully saturated rings. The van der Waals surface area contributed by atoms with Gasteiger partial charge in [-0.2, -0.15) is 0 Å². The molecule has 1 saturated carbocycles. The third-order valence-electron chi connectivity index (χ3n) is 4.17. The number of benzene rings is 1. The molecule has 0 heterocycles. The molecule has 1 aromatic carbocycles. The van der Waals surface area contributed by atoms with Gasteiger partial charge in [0.15, 0.2) is 0 Å². The summed E-state index contributed by atoms with van der Waals surface area (Å²) in [6.45, 7) is 4.16. The number of rotatable bonds is 8. The highest BCUT2D eigenvalue weighted by Crippen LogP contribution is 2.20. The maximum Gasteiger partial charge on any atom is 0.0575 e. The van der Waals surface area contributed by atoms with Gasteiger partial charge in [-0.3, -0.25) is 0 Å². The van der Waals surface area contributed by atoms with E-state index in [0.717, 1.165) is 31.0 Å². The normalized spacial score (nSPS) is 17.8. The fraction of sp³-hybridized carbons (Fsp3) is 0.667. The van der Waals surface area contributed by atoms with E-state index in [1.165, 1.54) is 37.7 Å². The van der Waals surface area contributed by atoms with Crippen LogP contribution >= 0.6 is 11.6 Å². The Morgan fingerprint density at radius 3 is 2.62 bits per heavy atom. The van der Waals surface area contributed by atoms with Crippen molar-refractivity contribution in [2.75, 3.05) is 13.2 Å². The number of nitrogens with one attached hydrogen (secondary N) is 1. The van der Waals surface area contributed by atoms with Crippen LogP contribution in [0.1, 0.15) is 51.0 Å². The Kier molecular flexibility index (Phi) is 7.56. The number of ether oxygens (including phenoxy) is 1. The van der Waals surface area contributed by atoms with Crippen molar-refractivity contribution in [3.05, 3.63) is 34.9 Å². The molecule has 3 heteroatoms. The van der Waals surface area contributed by atoms with E-state index < -0.39 is 0 Å². The van der Waals surface area contributed by atoms with E-state index in [2.05, 4.69) is 24.4 Å². The first kappa shape index (κ1) is 16.8. The van der Waals surface area contributed by atoms with Crippen LogP contribution < -0.4 is 5.32 Å². The summed E-state index contributed by atoms with van der Waals surface area (Å²) in [5.41, 5.74) is 1.33. The largest absolute Gasteiger partial charge is 0.378 e. The lowest BCUT2D eigenvalue weighted by Gasteiger charge is -2.22. The minimum Gasteiger partial charge on any atom is -0.378 e. The molecule has 1 aromatic rings. The minimum atomic E-state index is 0.487. The molecule has 2 rings (SSSR count). The molecule has 0 saturated heterocycles. The average molecular weight is 310 g/mol. The van der Waals surface area contributed by atoms with Gasteiger partial charge in [-0.1, -0.05) is 43.0 Å².